The summed E-state index contributed by atoms with van der Waals surface area (Å²) in [5.41, 5.74) is 0. The summed E-state index contributed by atoms with van der Waals surface area (Å²) in [4.78, 5) is 20.7. The number of aliphatic carboxylic acids is 1. The van der Waals surface area contributed by atoms with Crippen molar-refractivity contribution in [1.82, 2.24) is 0 Å². The number of hydrogen-bond acceptors (Lipinski definition) is 3. The molecule has 0 atom stereocenters. The molecule has 0 rings (SSSR count). The fourth-order valence-corrected chi connectivity index (χ4v) is 0.364. The van der Waals surface area contributed by atoms with Crippen LogP contribution in [0.2, 0.25) is 0 Å². The smallest absolute Gasteiger partial charge is 0.328 e. The van der Waals surface area contributed by atoms with Crippen molar-refractivity contribution < 1.29 is 21.2 Å². The summed E-state index contributed by atoms with van der Waals surface area (Å²) in [6.07, 6.45) is 1.24. The molecule has 0 aliphatic rings. The van der Waals surface area contributed by atoms with Crippen LogP contribution >= 0.6 is 0 Å². The van der Waals surface area contributed by atoms with Crippen LogP contribution < -0.4 is 0 Å². The van der Waals surface area contributed by atoms with E-state index in [0.717, 1.165) is 6.08 Å². The lowest BCUT2D eigenvalue weighted by molar-refractivity contribution is -0.131. The Morgan fingerprint density at radius 3 is 2.36 bits per heavy atom. The minimum Gasteiger partial charge on any atom is -0.512 e. The third kappa shape index (κ3) is 6.30. The van der Waals surface area contributed by atoms with Gasteiger partial charge in [-0.05, 0) is 13.0 Å². The van der Waals surface area contributed by atoms with E-state index >= 15 is 0 Å². The van der Waals surface area contributed by atoms with E-state index in [1.165, 1.54) is 6.92 Å². The maximum atomic E-state index is 10.7. The van der Waals surface area contributed by atoms with Gasteiger partial charge in [-0.15, -0.1) is 0 Å². The maximum Gasteiger partial charge on any atom is 0.328 e. The summed E-state index contributed by atoms with van der Waals surface area (Å²) in [5, 5.41) is 16.7. The Morgan fingerprint density at radius 2 is 2.00 bits per heavy atom. The van der Waals surface area contributed by atoms with Gasteiger partial charge in [-0.2, -0.15) is 0 Å². The highest BCUT2D eigenvalue weighted by Crippen LogP contribution is 1.87. The Labute approximate surface area is 64.9 Å². The number of hydrogen-bond donors (Lipinski definition) is 2. The van der Waals surface area contributed by atoms with Crippen molar-refractivity contribution >= 4 is 11.8 Å². The van der Waals surface area contributed by atoms with Crippen LogP contribution in [0.15, 0.2) is 24.0 Å². The van der Waals surface area contributed by atoms with Crippen LogP contribution in [0.3, 0.4) is 0 Å². The molecule has 0 heterocycles. The lowest BCUT2D eigenvalue weighted by Gasteiger charge is -1.84. The first-order valence-corrected chi connectivity index (χ1v) is 2.76. The first-order valence-electron chi connectivity index (χ1n) is 3.26. The molecule has 0 radical (unpaired) electrons. The van der Waals surface area contributed by atoms with Gasteiger partial charge in [-0.3, -0.25) is 4.79 Å². The van der Waals surface area contributed by atoms with E-state index < -0.39 is 17.8 Å². The van der Waals surface area contributed by atoms with Crippen molar-refractivity contribution in [2.75, 3.05) is 0 Å². The number of ketones is 1. The van der Waals surface area contributed by atoms with Gasteiger partial charge in [0.2, 0.25) is 0 Å². The maximum absolute atomic E-state index is 10.7. The summed E-state index contributed by atoms with van der Waals surface area (Å²) in [5.74, 6) is -2.46. The number of carboxylic acids is 1. The van der Waals surface area contributed by atoms with Crippen LogP contribution in [0, 0.1) is 0 Å². The zero-order valence-corrected chi connectivity index (χ0v) is 5.87. The third-order valence-electron chi connectivity index (χ3n) is 0.678. The summed E-state index contributed by atoms with van der Waals surface area (Å²) in [6.45, 7) is 1.26. The number of allylic oxidation sites excluding steroid dienone is 3. The van der Waals surface area contributed by atoms with Crippen LogP contribution in [0.4, 0.5) is 0 Å². The van der Waals surface area contributed by atoms with Gasteiger partial charge in [0.25, 0.3) is 0 Å². The predicted molar refractivity (Wildman–Crippen MR) is 38.2 cm³/mol. The Morgan fingerprint density at radius 1 is 1.45 bits per heavy atom. The van der Waals surface area contributed by atoms with Crippen LogP contribution in [0.1, 0.15) is 8.29 Å². The second kappa shape index (κ2) is 4.27. The average molecular weight is 157 g/mol. The number of rotatable bonds is 3. The highest BCUT2D eigenvalue weighted by Gasteiger charge is 1.92. The molecule has 60 valence electrons. The van der Waals surface area contributed by atoms with E-state index in [1.807, 2.05) is 0 Å². The molecular weight excluding hydrogens is 148 g/mol. The van der Waals surface area contributed by atoms with Crippen LogP contribution in [0.5, 0.6) is 0 Å². The number of aliphatic hydroxyl groups is 1. The molecule has 0 spiro atoms. The lowest BCUT2D eigenvalue weighted by atomic mass is 10.3. The van der Waals surface area contributed by atoms with Crippen molar-refractivity contribution in [2.45, 2.75) is 6.92 Å². The molecule has 0 unspecified atom stereocenters. The normalized spacial score (nSPS) is 14.1. The molecule has 0 saturated carbocycles. The minimum absolute atomic E-state index is 0.261. The molecule has 2 N–H and O–H groups in total. The highest BCUT2D eigenvalue weighted by atomic mass is 16.4. The van der Waals surface area contributed by atoms with E-state index in [0.29, 0.717) is 6.08 Å². The molecule has 0 fully saturated rings. The lowest BCUT2D eigenvalue weighted by Crippen LogP contribution is -1.92. The molecular formula is C7H8O4. The fraction of sp³-hybridized carbons (Fsp3) is 0.143. The van der Waals surface area contributed by atoms with E-state index in [9.17, 15) is 9.59 Å². The first-order chi connectivity index (χ1) is 5.43. The monoisotopic (exact) mass is 157 g/mol. The largest absolute Gasteiger partial charge is 0.512 e. The SMILES string of the molecule is [2H]/C(=C\C(=O)O)C(=O)/C=C(\C)O. The fourth-order valence-electron chi connectivity index (χ4n) is 0.364. The predicted octanol–water partition coefficient (Wildman–Crippen LogP) is 0.658. The second-order valence-corrected chi connectivity index (χ2v) is 1.78. The van der Waals surface area contributed by atoms with E-state index in [2.05, 4.69) is 0 Å². The Bertz CT molecular complexity index is 261. The van der Waals surface area contributed by atoms with Gasteiger partial charge < -0.3 is 10.2 Å². The number of carbonyl (C=O) groups is 2. The summed E-state index contributed by atoms with van der Waals surface area (Å²) in [6, 6.07) is -0.670. The standard InChI is InChI=1S/C7H8O4/c1-5(8)4-6(9)2-3-7(10)11/h2-4,8H,1H3,(H,10,11)/b3-2+,5-4+/i2D. The van der Waals surface area contributed by atoms with Gasteiger partial charge in [-0.25, -0.2) is 4.79 Å². The van der Waals surface area contributed by atoms with E-state index in [-0.39, 0.29) is 5.76 Å². The molecule has 0 aromatic carbocycles. The van der Waals surface area contributed by atoms with Crippen LogP contribution in [-0.2, 0) is 9.59 Å². The molecule has 0 aliphatic carbocycles. The van der Waals surface area contributed by atoms with Gasteiger partial charge >= 0.3 is 5.97 Å². The molecule has 4 heteroatoms. The summed E-state index contributed by atoms with van der Waals surface area (Å²) >= 11 is 0. The van der Waals surface area contributed by atoms with Gasteiger partial charge in [0, 0.05) is 12.2 Å². The molecule has 0 amide bonds. The highest BCUT2D eigenvalue weighted by molar-refractivity contribution is 6.02. The van der Waals surface area contributed by atoms with E-state index in [1.54, 1.807) is 0 Å². The number of carbonyl (C=O) groups excluding carboxylic acids is 1. The topological polar surface area (TPSA) is 74.6 Å². The number of aliphatic hydroxyl groups excluding tert-OH is 1. The molecule has 0 saturated heterocycles. The Balaban J connectivity index is 4.51. The van der Waals surface area contributed by atoms with Crippen molar-refractivity contribution in [3.05, 3.63) is 24.0 Å². The second-order valence-electron chi connectivity index (χ2n) is 1.78. The Hall–Kier alpha value is -1.58. The van der Waals surface area contributed by atoms with Crippen molar-refractivity contribution in [2.24, 2.45) is 0 Å². The van der Waals surface area contributed by atoms with Gasteiger partial charge in [0.15, 0.2) is 5.78 Å². The zero-order chi connectivity index (χ0) is 9.72. The average Bonchev–Trinajstić information content (AvgIpc) is 1.84. The molecule has 0 aliphatic heterocycles. The first kappa shape index (κ1) is 7.53. The summed E-state index contributed by atoms with van der Waals surface area (Å²) in [7, 11) is 0. The van der Waals surface area contributed by atoms with Gasteiger partial charge in [-0.1, -0.05) is 0 Å². The third-order valence-corrected chi connectivity index (χ3v) is 0.678. The minimum atomic E-state index is -1.36. The molecule has 0 aromatic heterocycles. The zero-order valence-electron chi connectivity index (χ0n) is 6.87. The molecule has 4 nitrogen and oxygen atoms in total. The van der Waals surface area contributed by atoms with Crippen LogP contribution in [0.25, 0.3) is 0 Å². The van der Waals surface area contributed by atoms with E-state index in [4.69, 9.17) is 11.6 Å². The number of carboxylic acid groups (broad SMARTS) is 1. The summed E-state index contributed by atoms with van der Waals surface area (Å²) < 4.78 is 6.88. The van der Waals surface area contributed by atoms with Gasteiger partial charge in [0.05, 0.1) is 7.13 Å². The van der Waals surface area contributed by atoms with Gasteiger partial charge in [0.1, 0.15) is 0 Å². The van der Waals surface area contributed by atoms with Crippen molar-refractivity contribution in [1.29, 1.82) is 0 Å². The van der Waals surface area contributed by atoms with Crippen molar-refractivity contribution in [3.63, 3.8) is 0 Å². The molecule has 0 bridgehead atoms. The van der Waals surface area contributed by atoms with Crippen LogP contribution in [-0.4, -0.2) is 22.0 Å². The molecule has 0 aromatic rings. The van der Waals surface area contributed by atoms with Crippen molar-refractivity contribution in [3.8, 4) is 0 Å². The Kier molecular flexibility index (Phi) is 2.92. The molecule has 11 heavy (non-hydrogen) atoms. The quantitative estimate of drug-likeness (QED) is 0.466.